The van der Waals surface area contributed by atoms with Gasteiger partial charge in [0.25, 0.3) is 0 Å². The summed E-state index contributed by atoms with van der Waals surface area (Å²) in [6.45, 7) is 6.97. The largest absolute Gasteiger partial charge is 0.496 e. The molecule has 0 aliphatic heterocycles. The van der Waals surface area contributed by atoms with Crippen LogP contribution >= 0.6 is 0 Å². The summed E-state index contributed by atoms with van der Waals surface area (Å²) in [5.41, 5.74) is 3.49. The molecular formula is C14H21NO2. The van der Waals surface area contributed by atoms with Crippen molar-refractivity contribution in [2.24, 2.45) is 0 Å². The lowest BCUT2D eigenvalue weighted by molar-refractivity contribution is -0.117. The first-order chi connectivity index (χ1) is 7.93. The van der Waals surface area contributed by atoms with E-state index >= 15 is 0 Å². The van der Waals surface area contributed by atoms with Crippen LogP contribution in [0.5, 0.6) is 5.75 Å². The molecule has 1 aromatic rings. The van der Waals surface area contributed by atoms with Crippen LogP contribution in [0.4, 0.5) is 0 Å². The standard InChI is InChI=1S/C14H21NO2/c1-10-6-13(7-11(2)14(10)17-5)9-15(4)8-12(3)16/h6-7H,8-9H2,1-5H3. The summed E-state index contributed by atoms with van der Waals surface area (Å²) in [7, 11) is 3.65. The number of hydrogen-bond acceptors (Lipinski definition) is 3. The zero-order valence-corrected chi connectivity index (χ0v) is 11.3. The molecule has 0 spiro atoms. The van der Waals surface area contributed by atoms with Gasteiger partial charge in [-0.1, -0.05) is 12.1 Å². The van der Waals surface area contributed by atoms with Crippen molar-refractivity contribution in [1.82, 2.24) is 4.90 Å². The summed E-state index contributed by atoms with van der Waals surface area (Å²) in [4.78, 5) is 13.0. The van der Waals surface area contributed by atoms with Gasteiger partial charge in [0, 0.05) is 6.54 Å². The molecule has 0 fully saturated rings. The normalized spacial score (nSPS) is 10.7. The van der Waals surface area contributed by atoms with Crippen LogP contribution in [0.3, 0.4) is 0 Å². The van der Waals surface area contributed by atoms with Gasteiger partial charge in [0.2, 0.25) is 0 Å². The predicted molar refractivity (Wildman–Crippen MR) is 69.5 cm³/mol. The molecule has 0 aromatic heterocycles. The Kier molecular flexibility index (Phi) is 4.70. The smallest absolute Gasteiger partial charge is 0.143 e. The fourth-order valence-electron chi connectivity index (χ4n) is 2.20. The summed E-state index contributed by atoms with van der Waals surface area (Å²) in [5.74, 6) is 1.14. The Labute approximate surface area is 103 Å². The fourth-order valence-corrected chi connectivity index (χ4v) is 2.20. The number of nitrogens with zero attached hydrogens (tertiary/aromatic N) is 1. The maximum atomic E-state index is 11.0. The average molecular weight is 235 g/mol. The summed E-state index contributed by atoms with van der Waals surface area (Å²) in [5, 5.41) is 0. The van der Waals surface area contributed by atoms with Gasteiger partial charge in [-0.05, 0) is 44.5 Å². The van der Waals surface area contributed by atoms with E-state index in [1.54, 1.807) is 14.0 Å². The highest BCUT2D eigenvalue weighted by Gasteiger charge is 2.08. The Bertz CT molecular complexity index is 390. The van der Waals surface area contributed by atoms with Crippen LogP contribution in [0.2, 0.25) is 0 Å². The highest BCUT2D eigenvalue weighted by molar-refractivity contribution is 5.77. The van der Waals surface area contributed by atoms with Gasteiger partial charge in [-0.2, -0.15) is 0 Å². The van der Waals surface area contributed by atoms with Crippen molar-refractivity contribution in [3.63, 3.8) is 0 Å². The molecule has 3 heteroatoms. The van der Waals surface area contributed by atoms with E-state index in [0.29, 0.717) is 6.54 Å². The van der Waals surface area contributed by atoms with Gasteiger partial charge in [0.15, 0.2) is 0 Å². The molecule has 1 rings (SSSR count). The molecule has 0 amide bonds. The number of methoxy groups -OCH3 is 1. The molecule has 0 saturated carbocycles. The average Bonchev–Trinajstić information content (AvgIpc) is 2.15. The molecule has 0 aliphatic carbocycles. The van der Waals surface area contributed by atoms with Crippen molar-refractivity contribution >= 4 is 5.78 Å². The molecule has 0 atom stereocenters. The van der Waals surface area contributed by atoms with Crippen LogP contribution in [0.15, 0.2) is 12.1 Å². The van der Waals surface area contributed by atoms with Gasteiger partial charge in [0.05, 0.1) is 13.7 Å². The Morgan fingerprint density at radius 1 is 1.29 bits per heavy atom. The molecule has 0 bridgehead atoms. The number of carbonyl (C=O) groups excluding carboxylic acids is 1. The van der Waals surface area contributed by atoms with E-state index in [1.807, 2.05) is 25.8 Å². The fraction of sp³-hybridized carbons (Fsp3) is 0.500. The number of Topliss-reactive ketones (excluding diaryl/α,β-unsaturated/α-hetero) is 1. The summed E-state index contributed by atoms with van der Waals surface area (Å²) in [6, 6.07) is 4.23. The molecule has 3 nitrogen and oxygen atoms in total. The number of benzene rings is 1. The third-order valence-electron chi connectivity index (χ3n) is 2.67. The van der Waals surface area contributed by atoms with Crippen molar-refractivity contribution in [3.05, 3.63) is 28.8 Å². The van der Waals surface area contributed by atoms with Gasteiger partial charge < -0.3 is 4.74 Å². The second-order valence-electron chi connectivity index (χ2n) is 4.64. The Morgan fingerprint density at radius 3 is 2.24 bits per heavy atom. The van der Waals surface area contributed by atoms with Crippen LogP contribution < -0.4 is 4.74 Å². The maximum Gasteiger partial charge on any atom is 0.143 e. The Morgan fingerprint density at radius 2 is 1.82 bits per heavy atom. The highest BCUT2D eigenvalue weighted by atomic mass is 16.5. The first-order valence-electron chi connectivity index (χ1n) is 5.76. The summed E-state index contributed by atoms with van der Waals surface area (Å²) in [6.07, 6.45) is 0. The SMILES string of the molecule is COc1c(C)cc(CN(C)CC(C)=O)cc1C. The van der Waals surface area contributed by atoms with Gasteiger partial charge in [-0.3, -0.25) is 9.69 Å². The second-order valence-corrected chi connectivity index (χ2v) is 4.64. The maximum absolute atomic E-state index is 11.0. The lowest BCUT2D eigenvalue weighted by Crippen LogP contribution is -2.23. The van der Waals surface area contributed by atoms with Gasteiger partial charge in [-0.15, -0.1) is 0 Å². The zero-order valence-electron chi connectivity index (χ0n) is 11.3. The van der Waals surface area contributed by atoms with E-state index in [9.17, 15) is 4.79 Å². The van der Waals surface area contributed by atoms with E-state index in [-0.39, 0.29) is 5.78 Å². The molecule has 0 unspecified atom stereocenters. The number of likely N-dealkylation sites (N-methyl/N-ethyl adjacent to an activating group) is 1. The minimum absolute atomic E-state index is 0.189. The molecular weight excluding hydrogens is 214 g/mol. The van der Waals surface area contributed by atoms with Crippen LogP contribution in [-0.4, -0.2) is 31.4 Å². The van der Waals surface area contributed by atoms with Crippen LogP contribution in [0.1, 0.15) is 23.6 Å². The van der Waals surface area contributed by atoms with Crippen molar-refractivity contribution < 1.29 is 9.53 Å². The van der Waals surface area contributed by atoms with E-state index in [0.717, 1.165) is 23.4 Å². The number of hydrogen-bond donors (Lipinski definition) is 0. The van der Waals surface area contributed by atoms with E-state index < -0.39 is 0 Å². The first kappa shape index (κ1) is 13.7. The topological polar surface area (TPSA) is 29.5 Å². The minimum Gasteiger partial charge on any atom is -0.496 e. The second kappa shape index (κ2) is 5.82. The first-order valence-corrected chi connectivity index (χ1v) is 5.76. The lowest BCUT2D eigenvalue weighted by Gasteiger charge is -2.17. The van der Waals surface area contributed by atoms with E-state index in [4.69, 9.17) is 4.74 Å². The van der Waals surface area contributed by atoms with Crippen LogP contribution in [0, 0.1) is 13.8 Å². The number of rotatable bonds is 5. The summed E-state index contributed by atoms with van der Waals surface area (Å²) < 4.78 is 5.33. The molecule has 0 heterocycles. The zero-order chi connectivity index (χ0) is 13.0. The molecule has 94 valence electrons. The monoisotopic (exact) mass is 235 g/mol. The molecule has 17 heavy (non-hydrogen) atoms. The van der Waals surface area contributed by atoms with Crippen LogP contribution in [-0.2, 0) is 11.3 Å². The number of aryl methyl sites for hydroxylation is 2. The predicted octanol–water partition coefficient (Wildman–Crippen LogP) is 2.33. The third-order valence-corrected chi connectivity index (χ3v) is 2.67. The van der Waals surface area contributed by atoms with Crippen molar-refractivity contribution in [2.45, 2.75) is 27.3 Å². The van der Waals surface area contributed by atoms with E-state index in [2.05, 4.69) is 12.1 Å². The molecule has 0 N–H and O–H groups in total. The molecule has 0 radical (unpaired) electrons. The van der Waals surface area contributed by atoms with Crippen molar-refractivity contribution in [1.29, 1.82) is 0 Å². The van der Waals surface area contributed by atoms with Crippen molar-refractivity contribution in [3.8, 4) is 5.75 Å². The lowest BCUT2D eigenvalue weighted by atomic mass is 10.1. The van der Waals surface area contributed by atoms with Gasteiger partial charge in [0.1, 0.15) is 11.5 Å². The number of carbonyl (C=O) groups is 1. The Balaban J connectivity index is 2.83. The minimum atomic E-state index is 0.189. The van der Waals surface area contributed by atoms with Gasteiger partial charge in [-0.25, -0.2) is 0 Å². The molecule has 1 aromatic carbocycles. The Hall–Kier alpha value is -1.35. The quantitative estimate of drug-likeness (QED) is 0.784. The third kappa shape index (κ3) is 3.86. The van der Waals surface area contributed by atoms with E-state index in [1.165, 1.54) is 5.56 Å². The molecule has 0 aliphatic rings. The summed E-state index contributed by atoms with van der Waals surface area (Å²) >= 11 is 0. The number of ketones is 1. The van der Waals surface area contributed by atoms with Crippen molar-refractivity contribution in [2.75, 3.05) is 20.7 Å². The van der Waals surface area contributed by atoms with Crippen LogP contribution in [0.25, 0.3) is 0 Å². The number of ether oxygens (including phenoxy) is 1. The highest BCUT2D eigenvalue weighted by Crippen LogP contribution is 2.24. The molecule has 0 saturated heterocycles. The van der Waals surface area contributed by atoms with Gasteiger partial charge >= 0.3 is 0 Å².